The molecule has 0 aliphatic heterocycles. The Labute approximate surface area is 115 Å². The predicted molar refractivity (Wildman–Crippen MR) is 72.2 cm³/mol. The molecule has 0 fully saturated rings. The van der Waals surface area contributed by atoms with Crippen molar-refractivity contribution < 1.29 is 4.79 Å². The Balaban J connectivity index is 2.01. The second kappa shape index (κ2) is 5.64. The minimum Gasteiger partial charge on any atom is -0.322 e. The smallest absolute Gasteiger partial charge is 0.322 e. The molecule has 0 saturated heterocycles. The number of nitrogens with one attached hydrogen (secondary N) is 1. The summed E-state index contributed by atoms with van der Waals surface area (Å²) < 4.78 is 2.38. The Morgan fingerprint density at radius 2 is 2.00 bits per heavy atom. The van der Waals surface area contributed by atoms with E-state index >= 15 is 0 Å². The molecule has 106 valence electrons. The summed E-state index contributed by atoms with van der Waals surface area (Å²) in [5.74, 6) is 0.586. The highest BCUT2D eigenvalue weighted by atomic mass is 16.2. The third-order valence-electron chi connectivity index (χ3n) is 2.65. The number of carbonyl (C=O) groups excluding carboxylic acids is 1. The van der Waals surface area contributed by atoms with Gasteiger partial charge in [-0.3, -0.25) is 9.36 Å². The zero-order valence-corrected chi connectivity index (χ0v) is 11.6. The minimum atomic E-state index is -0.355. The SMILES string of the molecule is CC(C)c1ncc(NC(=O)Cn2ncn(C)c2=O)cn1. The van der Waals surface area contributed by atoms with Crippen LogP contribution in [0, 0.1) is 0 Å². The summed E-state index contributed by atoms with van der Waals surface area (Å²) in [5, 5.41) is 6.43. The summed E-state index contributed by atoms with van der Waals surface area (Å²) in [6, 6.07) is 0. The Morgan fingerprint density at radius 1 is 1.35 bits per heavy atom. The summed E-state index contributed by atoms with van der Waals surface area (Å²) in [6.45, 7) is 3.83. The van der Waals surface area contributed by atoms with Gasteiger partial charge in [0.1, 0.15) is 18.7 Å². The van der Waals surface area contributed by atoms with Gasteiger partial charge in [-0.2, -0.15) is 5.10 Å². The summed E-state index contributed by atoms with van der Waals surface area (Å²) in [7, 11) is 1.57. The normalized spacial score (nSPS) is 10.8. The number of hydrogen-bond acceptors (Lipinski definition) is 5. The van der Waals surface area contributed by atoms with Crippen molar-refractivity contribution in [2.75, 3.05) is 5.32 Å². The van der Waals surface area contributed by atoms with Gasteiger partial charge in [0.15, 0.2) is 0 Å². The number of nitrogens with zero attached hydrogens (tertiary/aromatic N) is 5. The molecule has 0 bridgehead atoms. The number of carbonyl (C=O) groups is 1. The molecule has 2 rings (SSSR count). The Morgan fingerprint density at radius 3 is 2.50 bits per heavy atom. The molecular weight excluding hydrogens is 260 g/mol. The van der Waals surface area contributed by atoms with E-state index in [4.69, 9.17) is 0 Å². The average molecular weight is 276 g/mol. The molecule has 0 unspecified atom stereocenters. The molecule has 2 aromatic rings. The molecule has 8 nitrogen and oxygen atoms in total. The van der Waals surface area contributed by atoms with Gasteiger partial charge in [0, 0.05) is 13.0 Å². The molecule has 20 heavy (non-hydrogen) atoms. The lowest BCUT2D eigenvalue weighted by atomic mass is 10.2. The van der Waals surface area contributed by atoms with Crippen molar-refractivity contribution in [1.82, 2.24) is 24.3 Å². The van der Waals surface area contributed by atoms with Gasteiger partial charge in [-0.1, -0.05) is 13.8 Å². The van der Waals surface area contributed by atoms with E-state index in [1.165, 1.54) is 10.9 Å². The van der Waals surface area contributed by atoms with E-state index in [1.807, 2.05) is 13.8 Å². The zero-order chi connectivity index (χ0) is 14.7. The molecule has 0 spiro atoms. The van der Waals surface area contributed by atoms with Gasteiger partial charge in [-0.15, -0.1) is 0 Å². The van der Waals surface area contributed by atoms with Crippen molar-refractivity contribution in [2.24, 2.45) is 7.05 Å². The molecule has 0 aromatic carbocycles. The summed E-state index contributed by atoms with van der Waals surface area (Å²) in [4.78, 5) is 31.6. The van der Waals surface area contributed by atoms with E-state index < -0.39 is 0 Å². The predicted octanol–water partition coefficient (Wildman–Crippen LogP) is 0.134. The second-order valence-corrected chi connectivity index (χ2v) is 4.71. The highest BCUT2D eigenvalue weighted by Crippen LogP contribution is 2.10. The molecule has 0 radical (unpaired) electrons. The van der Waals surface area contributed by atoms with Crippen LogP contribution in [-0.4, -0.2) is 30.2 Å². The van der Waals surface area contributed by atoms with Gasteiger partial charge >= 0.3 is 5.69 Å². The topological polar surface area (TPSA) is 94.7 Å². The number of aromatic nitrogens is 5. The third-order valence-corrected chi connectivity index (χ3v) is 2.65. The fraction of sp³-hybridized carbons (Fsp3) is 0.417. The molecule has 0 aliphatic carbocycles. The zero-order valence-electron chi connectivity index (χ0n) is 11.6. The van der Waals surface area contributed by atoms with Gasteiger partial charge < -0.3 is 5.32 Å². The van der Waals surface area contributed by atoms with Crippen molar-refractivity contribution in [1.29, 1.82) is 0 Å². The third kappa shape index (κ3) is 3.08. The Kier molecular flexibility index (Phi) is 3.92. The van der Waals surface area contributed by atoms with Crippen molar-refractivity contribution in [3.8, 4) is 0 Å². The monoisotopic (exact) mass is 276 g/mol. The lowest BCUT2D eigenvalue weighted by molar-refractivity contribution is -0.117. The van der Waals surface area contributed by atoms with Crippen LogP contribution in [0.15, 0.2) is 23.5 Å². The van der Waals surface area contributed by atoms with Crippen LogP contribution in [0.5, 0.6) is 0 Å². The van der Waals surface area contributed by atoms with Crippen LogP contribution >= 0.6 is 0 Å². The number of aryl methyl sites for hydroxylation is 1. The molecule has 0 atom stereocenters. The fourth-order valence-corrected chi connectivity index (χ4v) is 1.57. The van der Waals surface area contributed by atoms with E-state index in [0.717, 1.165) is 4.68 Å². The van der Waals surface area contributed by atoms with Crippen LogP contribution in [0.25, 0.3) is 0 Å². The van der Waals surface area contributed by atoms with Gasteiger partial charge in [0.25, 0.3) is 0 Å². The average Bonchev–Trinajstić information content (AvgIpc) is 2.71. The van der Waals surface area contributed by atoms with E-state index in [1.54, 1.807) is 19.4 Å². The fourth-order valence-electron chi connectivity index (χ4n) is 1.57. The highest BCUT2D eigenvalue weighted by Gasteiger charge is 2.09. The largest absolute Gasteiger partial charge is 0.345 e. The Hall–Kier alpha value is -2.51. The molecule has 0 aliphatic rings. The summed E-state index contributed by atoms with van der Waals surface area (Å²) in [5.41, 5.74) is 0.148. The molecule has 1 N–H and O–H groups in total. The molecule has 2 heterocycles. The lowest BCUT2D eigenvalue weighted by Gasteiger charge is -2.06. The van der Waals surface area contributed by atoms with Crippen LogP contribution in [-0.2, 0) is 18.4 Å². The van der Waals surface area contributed by atoms with Crippen LogP contribution in [0.4, 0.5) is 5.69 Å². The molecule has 2 aromatic heterocycles. The second-order valence-electron chi connectivity index (χ2n) is 4.71. The number of rotatable bonds is 4. The Bertz CT molecular complexity index is 655. The highest BCUT2D eigenvalue weighted by molar-refractivity contribution is 5.90. The van der Waals surface area contributed by atoms with Gasteiger partial charge in [0.05, 0.1) is 18.1 Å². The van der Waals surface area contributed by atoms with Crippen molar-refractivity contribution in [2.45, 2.75) is 26.3 Å². The van der Waals surface area contributed by atoms with E-state index in [0.29, 0.717) is 11.5 Å². The molecular formula is C12H16N6O2. The quantitative estimate of drug-likeness (QED) is 0.856. The van der Waals surface area contributed by atoms with Crippen LogP contribution < -0.4 is 11.0 Å². The summed E-state index contributed by atoms with van der Waals surface area (Å²) >= 11 is 0. The van der Waals surface area contributed by atoms with E-state index in [9.17, 15) is 9.59 Å². The van der Waals surface area contributed by atoms with Crippen LogP contribution in [0.3, 0.4) is 0 Å². The van der Waals surface area contributed by atoms with Gasteiger partial charge in [0.2, 0.25) is 5.91 Å². The number of anilines is 1. The molecule has 8 heteroatoms. The maximum absolute atomic E-state index is 11.8. The first-order valence-electron chi connectivity index (χ1n) is 6.17. The summed E-state index contributed by atoms with van der Waals surface area (Å²) in [6.07, 6.45) is 4.44. The van der Waals surface area contributed by atoms with Crippen molar-refractivity contribution in [3.05, 3.63) is 35.0 Å². The van der Waals surface area contributed by atoms with Crippen molar-refractivity contribution in [3.63, 3.8) is 0 Å². The lowest BCUT2D eigenvalue weighted by Crippen LogP contribution is -2.29. The first kappa shape index (κ1) is 13.9. The first-order valence-corrected chi connectivity index (χ1v) is 6.17. The molecule has 1 amide bonds. The number of amides is 1. The maximum Gasteiger partial charge on any atom is 0.345 e. The van der Waals surface area contributed by atoms with Crippen LogP contribution in [0.2, 0.25) is 0 Å². The number of hydrogen-bond donors (Lipinski definition) is 1. The molecule has 0 saturated carbocycles. The van der Waals surface area contributed by atoms with Gasteiger partial charge in [-0.25, -0.2) is 19.4 Å². The van der Waals surface area contributed by atoms with E-state index in [2.05, 4.69) is 20.4 Å². The maximum atomic E-state index is 11.8. The van der Waals surface area contributed by atoms with Gasteiger partial charge in [-0.05, 0) is 0 Å². The minimum absolute atomic E-state index is 0.147. The standard InChI is InChI=1S/C12H16N6O2/c1-8(2)11-13-4-9(5-14-11)16-10(19)6-18-12(20)17(3)7-15-18/h4-5,7-8H,6H2,1-3H3,(H,16,19). The first-order chi connectivity index (χ1) is 9.47. The van der Waals surface area contributed by atoms with Crippen LogP contribution in [0.1, 0.15) is 25.6 Å². The van der Waals surface area contributed by atoms with Crippen molar-refractivity contribution >= 4 is 11.6 Å². The van der Waals surface area contributed by atoms with E-state index in [-0.39, 0.29) is 24.1 Å².